The second kappa shape index (κ2) is 3.89. The average Bonchev–Trinajstić information content (AvgIpc) is 2.76. The Morgan fingerprint density at radius 1 is 1.59 bits per heavy atom. The van der Waals surface area contributed by atoms with E-state index in [2.05, 4.69) is 10.3 Å². The maximum atomic E-state index is 11.8. The molecule has 1 aliphatic heterocycles. The summed E-state index contributed by atoms with van der Waals surface area (Å²) >= 11 is 0. The lowest BCUT2D eigenvalue weighted by Crippen LogP contribution is -2.35. The van der Waals surface area contributed by atoms with E-state index in [9.17, 15) is 14.4 Å². The molecule has 1 fully saturated rings. The van der Waals surface area contributed by atoms with Crippen LogP contribution in [0.25, 0.3) is 0 Å². The van der Waals surface area contributed by atoms with Gasteiger partial charge in [-0.2, -0.15) is 0 Å². The summed E-state index contributed by atoms with van der Waals surface area (Å²) in [7, 11) is 1.73. The van der Waals surface area contributed by atoms with Crippen LogP contribution in [0.1, 0.15) is 11.7 Å². The quantitative estimate of drug-likeness (QED) is 0.664. The molecule has 0 bridgehead atoms. The van der Waals surface area contributed by atoms with Crippen LogP contribution in [0.4, 0.5) is 4.79 Å². The standard InChI is InChI=1S/C9H10N4O4/c1-12-2-5(10-4-12)7-8(16)13(3-6(14)15)9(17)11-7/h2,4,7H,3H2,1H3,(H,11,17)(H,14,15)/t7-/m1/s1. The fourth-order valence-corrected chi connectivity index (χ4v) is 1.59. The molecule has 0 saturated carbocycles. The van der Waals surface area contributed by atoms with Crippen LogP contribution < -0.4 is 5.32 Å². The number of carbonyl (C=O) groups is 3. The van der Waals surface area contributed by atoms with Gasteiger partial charge < -0.3 is 15.0 Å². The van der Waals surface area contributed by atoms with E-state index in [4.69, 9.17) is 5.11 Å². The highest BCUT2D eigenvalue weighted by Gasteiger charge is 2.40. The largest absolute Gasteiger partial charge is 0.480 e. The van der Waals surface area contributed by atoms with Crippen LogP contribution >= 0.6 is 0 Å². The van der Waals surface area contributed by atoms with E-state index in [0.717, 1.165) is 0 Å². The number of nitrogens with one attached hydrogen (secondary N) is 1. The van der Waals surface area contributed by atoms with Crippen molar-refractivity contribution in [2.75, 3.05) is 6.54 Å². The molecule has 0 aliphatic carbocycles. The number of aromatic nitrogens is 2. The van der Waals surface area contributed by atoms with E-state index >= 15 is 0 Å². The maximum absolute atomic E-state index is 11.8. The number of aliphatic carboxylic acids is 1. The smallest absolute Gasteiger partial charge is 0.325 e. The number of urea groups is 1. The molecule has 0 radical (unpaired) electrons. The van der Waals surface area contributed by atoms with E-state index < -0.39 is 30.5 Å². The van der Waals surface area contributed by atoms with Gasteiger partial charge in [0.1, 0.15) is 6.54 Å². The number of carboxylic acid groups (broad SMARTS) is 1. The summed E-state index contributed by atoms with van der Waals surface area (Å²) in [5.41, 5.74) is 0.388. The molecule has 0 unspecified atom stereocenters. The molecule has 8 nitrogen and oxygen atoms in total. The Balaban J connectivity index is 2.21. The molecule has 0 aromatic carbocycles. The van der Waals surface area contributed by atoms with Gasteiger partial charge >= 0.3 is 12.0 Å². The topological polar surface area (TPSA) is 105 Å². The first-order chi connectivity index (χ1) is 7.99. The minimum Gasteiger partial charge on any atom is -0.480 e. The number of hydrogen-bond donors (Lipinski definition) is 2. The Bertz CT molecular complexity index is 495. The normalized spacial score (nSPS) is 19.6. The summed E-state index contributed by atoms with van der Waals surface area (Å²) in [6.07, 6.45) is 3.09. The van der Waals surface area contributed by atoms with Crippen LogP contribution in [0.5, 0.6) is 0 Å². The van der Waals surface area contributed by atoms with Crippen molar-refractivity contribution < 1.29 is 19.5 Å². The van der Waals surface area contributed by atoms with Gasteiger partial charge in [0.15, 0.2) is 6.04 Å². The van der Waals surface area contributed by atoms with Crippen molar-refractivity contribution in [1.29, 1.82) is 0 Å². The third-order valence-corrected chi connectivity index (χ3v) is 2.34. The second-order valence-corrected chi connectivity index (χ2v) is 3.66. The zero-order valence-corrected chi connectivity index (χ0v) is 8.95. The lowest BCUT2D eigenvalue weighted by Gasteiger charge is -2.08. The van der Waals surface area contributed by atoms with Crippen molar-refractivity contribution in [3.05, 3.63) is 18.2 Å². The molecular weight excluding hydrogens is 228 g/mol. The number of imide groups is 1. The molecule has 2 rings (SSSR count). The fraction of sp³-hybridized carbons (Fsp3) is 0.333. The third kappa shape index (κ3) is 1.96. The molecule has 90 valence electrons. The van der Waals surface area contributed by atoms with Crippen LogP contribution in [0.15, 0.2) is 12.5 Å². The Morgan fingerprint density at radius 3 is 2.82 bits per heavy atom. The summed E-state index contributed by atoms with van der Waals surface area (Å²) in [6, 6.07) is -1.61. The van der Waals surface area contributed by atoms with E-state index in [1.54, 1.807) is 17.8 Å². The van der Waals surface area contributed by atoms with Gasteiger partial charge in [0, 0.05) is 13.2 Å². The Hall–Kier alpha value is -2.38. The molecule has 1 aliphatic rings. The summed E-state index contributed by atoms with van der Waals surface area (Å²) < 4.78 is 1.63. The van der Waals surface area contributed by atoms with Crippen LogP contribution in [0.2, 0.25) is 0 Å². The Kier molecular flexibility index (Phi) is 2.54. The molecule has 1 saturated heterocycles. The van der Waals surface area contributed by atoms with Crippen LogP contribution in [-0.4, -0.2) is 44.0 Å². The molecule has 17 heavy (non-hydrogen) atoms. The Labute approximate surface area is 95.8 Å². The number of amides is 3. The Morgan fingerprint density at radius 2 is 2.29 bits per heavy atom. The van der Waals surface area contributed by atoms with Gasteiger partial charge in [0.25, 0.3) is 5.91 Å². The molecular formula is C9H10N4O4. The summed E-state index contributed by atoms with van der Waals surface area (Å²) in [5, 5.41) is 11.0. The number of carboxylic acids is 1. The fourth-order valence-electron chi connectivity index (χ4n) is 1.59. The van der Waals surface area contributed by atoms with Crippen LogP contribution in [0.3, 0.4) is 0 Å². The number of imidazole rings is 1. The van der Waals surface area contributed by atoms with E-state index in [0.29, 0.717) is 10.6 Å². The van der Waals surface area contributed by atoms with Gasteiger partial charge in [0.2, 0.25) is 0 Å². The molecule has 1 atom stereocenters. The van der Waals surface area contributed by atoms with Gasteiger partial charge in [0.05, 0.1) is 12.0 Å². The van der Waals surface area contributed by atoms with Crippen molar-refractivity contribution in [2.45, 2.75) is 6.04 Å². The highest BCUT2D eigenvalue weighted by atomic mass is 16.4. The first kappa shape index (κ1) is 11.1. The number of nitrogens with zero attached hydrogens (tertiary/aromatic N) is 3. The average molecular weight is 238 g/mol. The molecule has 2 heterocycles. The SMILES string of the molecule is Cn1cnc([C@H]2NC(=O)N(CC(=O)O)C2=O)c1. The van der Waals surface area contributed by atoms with Gasteiger partial charge in [-0.1, -0.05) is 0 Å². The van der Waals surface area contributed by atoms with Crippen molar-refractivity contribution >= 4 is 17.9 Å². The second-order valence-electron chi connectivity index (χ2n) is 3.66. The highest BCUT2D eigenvalue weighted by molar-refractivity contribution is 6.06. The predicted molar refractivity (Wildman–Crippen MR) is 53.8 cm³/mol. The van der Waals surface area contributed by atoms with Crippen LogP contribution in [0, 0.1) is 0 Å². The maximum Gasteiger partial charge on any atom is 0.325 e. The van der Waals surface area contributed by atoms with E-state index in [-0.39, 0.29) is 0 Å². The van der Waals surface area contributed by atoms with Gasteiger partial charge in [-0.3, -0.25) is 14.5 Å². The van der Waals surface area contributed by atoms with Gasteiger partial charge in [-0.15, -0.1) is 0 Å². The summed E-state index contributed by atoms with van der Waals surface area (Å²) in [5.74, 6) is -1.84. The molecule has 8 heteroatoms. The number of carbonyl (C=O) groups excluding carboxylic acids is 2. The third-order valence-electron chi connectivity index (χ3n) is 2.34. The predicted octanol–water partition coefficient (Wildman–Crippen LogP) is -0.902. The number of aryl methyl sites for hydroxylation is 1. The molecule has 1 aromatic heterocycles. The van der Waals surface area contributed by atoms with E-state index in [1.807, 2.05) is 0 Å². The van der Waals surface area contributed by atoms with Crippen molar-refractivity contribution in [3.8, 4) is 0 Å². The van der Waals surface area contributed by atoms with Crippen molar-refractivity contribution in [2.24, 2.45) is 7.05 Å². The van der Waals surface area contributed by atoms with Gasteiger partial charge in [-0.25, -0.2) is 9.78 Å². The minimum atomic E-state index is -1.24. The molecule has 1 aromatic rings. The zero-order chi connectivity index (χ0) is 12.6. The zero-order valence-electron chi connectivity index (χ0n) is 8.95. The van der Waals surface area contributed by atoms with Crippen molar-refractivity contribution in [3.63, 3.8) is 0 Å². The monoisotopic (exact) mass is 238 g/mol. The molecule has 0 spiro atoms. The number of rotatable bonds is 3. The number of hydrogen-bond acceptors (Lipinski definition) is 4. The molecule has 3 amide bonds. The summed E-state index contributed by atoms with van der Waals surface area (Å²) in [6.45, 7) is -0.645. The molecule has 2 N–H and O–H groups in total. The lowest BCUT2D eigenvalue weighted by molar-refractivity contribution is -0.141. The van der Waals surface area contributed by atoms with Gasteiger partial charge in [-0.05, 0) is 0 Å². The first-order valence-corrected chi connectivity index (χ1v) is 4.80. The minimum absolute atomic E-state index is 0.388. The first-order valence-electron chi connectivity index (χ1n) is 4.80. The summed E-state index contributed by atoms with van der Waals surface area (Å²) in [4.78, 5) is 38.3. The van der Waals surface area contributed by atoms with Crippen molar-refractivity contribution in [1.82, 2.24) is 19.8 Å². The highest BCUT2D eigenvalue weighted by Crippen LogP contribution is 2.19. The van der Waals surface area contributed by atoms with Crippen LogP contribution in [-0.2, 0) is 16.6 Å². The van der Waals surface area contributed by atoms with E-state index in [1.165, 1.54) is 6.33 Å². The lowest BCUT2D eigenvalue weighted by atomic mass is 10.2.